The minimum atomic E-state index is -0.456. The third-order valence-corrected chi connectivity index (χ3v) is 4.54. The summed E-state index contributed by atoms with van der Waals surface area (Å²) in [5, 5.41) is 13.9. The highest BCUT2D eigenvalue weighted by molar-refractivity contribution is 8.18. The van der Waals surface area contributed by atoms with Gasteiger partial charge in [0.1, 0.15) is 0 Å². The summed E-state index contributed by atoms with van der Waals surface area (Å²) in [6, 6.07) is 13.9. The fourth-order valence-electron chi connectivity index (χ4n) is 2.25. The number of amides is 1. The Labute approximate surface area is 148 Å². The maximum absolute atomic E-state index is 12.1. The zero-order chi connectivity index (χ0) is 17.8. The predicted molar refractivity (Wildman–Crippen MR) is 99.7 cm³/mol. The van der Waals surface area contributed by atoms with Gasteiger partial charge in [0.05, 0.1) is 15.5 Å². The maximum Gasteiger partial charge on any atom is 0.269 e. The molecule has 126 valence electrons. The Bertz CT molecular complexity index is 871. The summed E-state index contributed by atoms with van der Waals surface area (Å²) >= 11 is 1.25. The molecule has 0 unspecified atom stereocenters. The van der Waals surface area contributed by atoms with Crippen LogP contribution in [0, 0.1) is 10.1 Å². The van der Waals surface area contributed by atoms with Crippen LogP contribution in [0.4, 0.5) is 11.4 Å². The molecule has 0 aromatic heterocycles. The largest absolute Gasteiger partial charge is 0.300 e. The zero-order valence-electron chi connectivity index (χ0n) is 13.4. The number of aliphatic imine (C=N–C) groups is 1. The molecule has 1 aliphatic rings. The smallest absolute Gasteiger partial charge is 0.269 e. The van der Waals surface area contributed by atoms with E-state index in [2.05, 4.69) is 17.2 Å². The zero-order valence-corrected chi connectivity index (χ0v) is 14.2. The van der Waals surface area contributed by atoms with E-state index in [4.69, 9.17) is 0 Å². The van der Waals surface area contributed by atoms with Crippen LogP contribution in [0.25, 0.3) is 6.08 Å². The molecule has 2 aromatic carbocycles. The highest BCUT2D eigenvalue weighted by atomic mass is 32.2. The van der Waals surface area contributed by atoms with E-state index in [1.54, 1.807) is 18.2 Å². The van der Waals surface area contributed by atoms with Crippen molar-refractivity contribution in [3.05, 3.63) is 74.7 Å². The van der Waals surface area contributed by atoms with E-state index in [0.29, 0.717) is 10.1 Å². The van der Waals surface area contributed by atoms with Gasteiger partial charge in [0.2, 0.25) is 0 Å². The van der Waals surface area contributed by atoms with E-state index in [-0.39, 0.29) is 11.6 Å². The fraction of sp³-hybridized carbons (Fsp3) is 0.111. The molecule has 0 radical (unpaired) electrons. The Balaban J connectivity index is 1.77. The molecule has 2 aromatic rings. The van der Waals surface area contributed by atoms with Gasteiger partial charge < -0.3 is 5.32 Å². The van der Waals surface area contributed by atoms with Gasteiger partial charge >= 0.3 is 0 Å². The molecule has 3 rings (SSSR count). The molecule has 6 nitrogen and oxygen atoms in total. The number of aryl methyl sites for hydroxylation is 1. The molecular formula is C18H15N3O3S. The summed E-state index contributed by atoms with van der Waals surface area (Å²) in [7, 11) is 0. The lowest BCUT2D eigenvalue weighted by molar-refractivity contribution is -0.384. The minimum absolute atomic E-state index is 0.0171. The predicted octanol–water partition coefficient (Wildman–Crippen LogP) is 4.05. The van der Waals surface area contributed by atoms with Gasteiger partial charge in [0, 0.05) is 12.1 Å². The number of nitrogens with zero attached hydrogens (tertiary/aromatic N) is 2. The third-order valence-electron chi connectivity index (χ3n) is 3.63. The highest BCUT2D eigenvalue weighted by Gasteiger charge is 2.23. The number of thioether (sulfide) groups is 1. The lowest BCUT2D eigenvalue weighted by atomic mass is 10.2. The van der Waals surface area contributed by atoms with E-state index in [0.717, 1.165) is 17.7 Å². The van der Waals surface area contributed by atoms with Gasteiger partial charge in [0.15, 0.2) is 5.17 Å². The van der Waals surface area contributed by atoms with Crippen molar-refractivity contribution in [2.24, 2.45) is 4.99 Å². The van der Waals surface area contributed by atoms with Crippen LogP contribution in [0.1, 0.15) is 18.1 Å². The van der Waals surface area contributed by atoms with E-state index in [9.17, 15) is 14.9 Å². The van der Waals surface area contributed by atoms with Crippen molar-refractivity contribution in [1.82, 2.24) is 5.32 Å². The number of nitro groups is 1. The number of non-ortho nitro benzene ring substituents is 1. The van der Waals surface area contributed by atoms with Crippen LogP contribution in [-0.2, 0) is 11.2 Å². The average Bonchev–Trinajstić information content (AvgIpc) is 2.95. The number of rotatable bonds is 4. The Morgan fingerprint density at radius 1 is 1.16 bits per heavy atom. The van der Waals surface area contributed by atoms with E-state index in [1.165, 1.54) is 29.5 Å². The molecular weight excluding hydrogens is 338 g/mol. The molecule has 0 saturated carbocycles. The number of benzene rings is 2. The van der Waals surface area contributed by atoms with Crippen molar-refractivity contribution in [3.8, 4) is 0 Å². The second kappa shape index (κ2) is 7.31. The maximum atomic E-state index is 12.1. The number of nitrogens with one attached hydrogen (secondary N) is 1. The molecule has 1 saturated heterocycles. The molecule has 1 aliphatic heterocycles. The Morgan fingerprint density at radius 2 is 1.84 bits per heavy atom. The van der Waals surface area contributed by atoms with Gasteiger partial charge in [-0.3, -0.25) is 14.9 Å². The van der Waals surface area contributed by atoms with Crippen molar-refractivity contribution < 1.29 is 9.72 Å². The first kappa shape index (κ1) is 16.9. The van der Waals surface area contributed by atoms with Crippen LogP contribution >= 0.6 is 11.8 Å². The molecule has 0 atom stereocenters. The molecule has 0 bridgehead atoms. The monoisotopic (exact) mass is 353 g/mol. The van der Waals surface area contributed by atoms with Gasteiger partial charge in [-0.1, -0.05) is 19.1 Å². The summed E-state index contributed by atoms with van der Waals surface area (Å²) < 4.78 is 0. The molecule has 1 N–H and O–H groups in total. The molecule has 1 amide bonds. The molecule has 1 fully saturated rings. The van der Waals surface area contributed by atoms with Gasteiger partial charge in [-0.25, -0.2) is 4.99 Å². The number of amidine groups is 1. The topological polar surface area (TPSA) is 84.6 Å². The molecule has 0 aliphatic carbocycles. The first-order valence-corrected chi connectivity index (χ1v) is 8.50. The Morgan fingerprint density at radius 3 is 2.44 bits per heavy atom. The summed E-state index contributed by atoms with van der Waals surface area (Å²) in [4.78, 5) is 27.2. The lowest BCUT2D eigenvalue weighted by Gasteiger charge is -1.98. The van der Waals surface area contributed by atoms with Crippen LogP contribution in [0.5, 0.6) is 0 Å². The van der Waals surface area contributed by atoms with E-state index < -0.39 is 4.92 Å². The van der Waals surface area contributed by atoms with Crippen molar-refractivity contribution >= 4 is 40.3 Å². The summed E-state index contributed by atoms with van der Waals surface area (Å²) in [5.41, 5.74) is 2.74. The number of hydrogen-bond donors (Lipinski definition) is 1. The number of carbonyl (C=O) groups excluding carboxylic acids is 1. The second-order valence-corrected chi connectivity index (χ2v) is 6.38. The second-order valence-electron chi connectivity index (χ2n) is 5.35. The summed E-state index contributed by atoms with van der Waals surface area (Å²) in [5.74, 6) is -0.229. The van der Waals surface area contributed by atoms with Gasteiger partial charge in [-0.2, -0.15) is 0 Å². The number of carbonyl (C=O) groups is 1. The van der Waals surface area contributed by atoms with Crippen LogP contribution in [0.15, 0.2) is 58.4 Å². The lowest BCUT2D eigenvalue weighted by Crippen LogP contribution is -2.19. The molecule has 1 heterocycles. The van der Waals surface area contributed by atoms with Crippen molar-refractivity contribution in [3.63, 3.8) is 0 Å². The SMILES string of the molecule is CCc1ccc(N=C2NC(=O)/C(=C/c3ccc([N+](=O)[O-])cc3)S2)cc1. The first-order chi connectivity index (χ1) is 12.0. The van der Waals surface area contributed by atoms with Crippen molar-refractivity contribution in [1.29, 1.82) is 0 Å². The van der Waals surface area contributed by atoms with Crippen LogP contribution in [0.2, 0.25) is 0 Å². The molecule has 0 spiro atoms. The number of hydrogen-bond acceptors (Lipinski definition) is 5. The molecule has 25 heavy (non-hydrogen) atoms. The van der Waals surface area contributed by atoms with Crippen molar-refractivity contribution in [2.75, 3.05) is 0 Å². The minimum Gasteiger partial charge on any atom is -0.300 e. The fourth-order valence-corrected chi connectivity index (χ4v) is 3.09. The number of nitro benzene ring substituents is 1. The summed E-state index contributed by atoms with van der Waals surface area (Å²) in [6.07, 6.45) is 2.65. The van der Waals surface area contributed by atoms with Gasteiger partial charge in [0.25, 0.3) is 11.6 Å². The standard InChI is InChI=1S/C18H15N3O3S/c1-2-12-3-7-14(8-4-12)19-18-20-17(22)16(25-18)11-13-5-9-15(10-6-13)21(23)24/h3-11H,2H2,1H3,(H,19,20,22)/b16-11-. The van der Waals surface area contributed by atoms with Gasteiger partial charge in [-0.15, -0.1) is 0 Å². The van der Waals surface area contributed by atoms with Gasteiger partial charge in [-0.05, 0) is 59.7 Å². The third kappa shape index (κ3) is 4.13. The van der Waals surface area contributed by atoms with E-state index in [1.807, 2.05) is 24.3 Å². The first-order valence-electron chi connectivity index (χ1n) is 7.68. The summed E-state index contributed by atoms with van der Waals surface area (Å²) in [6.45, 7) is 2.09. The van der Waals surface area contributed by atoms with Crippen LogP contribution < -0.4 is 5.32 Å². The van der Waals surface area contributed by atoms with Crippen LogP contribution in [0.3, 0.4) is 0 Å². The highest BCUT2D eigenvalue weighted by Crippen LogP contribution is 2.28. The Kier molecular flexibility index (Phi) is 4.95. The van der Waals surface area contributed by atoms with Crippen molar-refractivity contribution in [2.45, 2.75) is 13.3 Å². The van der Waals surface area contributed by atoms with E-state index >= 15 is 0 Å². The average molecular weight is 353 g/mol. The van der Waals surface area contributed by atoms with Crippen LogP contribution in [-0.4, -0.2) is 16.0 Å². The quantitative estimate of drug-likeness (QED) is 0.510. The molecule has 7 heteroatoms. The normalized spacial score (nSPS) is 17.1. The Hall–Kier alpha value is -2.93.